The van der Waals surface area contributed by atoms with E-state index in [4.69, 9.17) is 9.26 Å². The Morgan fingerprint density at radius 1 is 1.12 bits per heavy atom. The Morgan fingerprint density at radius 2 is 1.83 bits per heavy atom. The van der Waals surface area contributed by atoms with Gasteiger partial charge in [-0.25, -0.2) is 8.42 Å². The van der Waals surface area contributed by atoms with Crippen molar-refractivity contribution in [3.63, 3.8) is 0 Å². The number of hydrogen-bond acceptors (Lipinski definition) is 6. The molecule has 0 saturated carbocycles. The molecule has 0 radical (unpaired) electrons. The van der Waals surface area contributed by atoms with Gasteiger partial charge in [0.1, 0.15) is 9.96 Å². The van der Waals surface area contributed by atoms with Crippen molar-refractivity contribution in [2.75, 3.05) is 11.8 Å². The van der Waals surface area contributed by atoms with Crippen LogP contribution in [0.5, 0.6) is 5.75 Å². The maximum absolute atomic E-state index is 12.5. The highest BCUT2D eigenvalue weighted by Gasteiger charge is 2.20. The minimum absolute atomic E-state index is 0.210. The van der Waals surface area contributed by atoms with E-state index in [0.717, 1.165) is 27.5 Å². The summed E-state index contributed by atoms with van der Waals surface area (Å²) >= 11 is 1.14. The number of aryl methyl sites for hydroxylation is 1. The number of aromatic nitrogens is 1. The highest BCUT2D eigenvalue weighted by atomic mass is 32.2. The molecule has 0 amide bonds. The van der Waals surface area contributed by atoms with Crippen LogP contribution in [0, 0.1) is 13.8 Å². The first-order valence-electron chi connectivity index (χ1n) is 7.10. The van der Waals surface area contributed by atoms with Crippen LogP contribution in [-0.4, -0.2) is 20.7 Å². The highest BCUT2D eigenvalue weighted by molar-refractivity contribution is 7.94. The zero-order valence-corrected chi connectivity index (χ0v) is 15.0. The van der Waals surface area contributed by atoms with Crippen LogP contribution in [0.4, 0.5) is 5.69 Å². The number of nitrogens with one attached hydrogen (secondary N) is 1. The molecule has 3 aromatic rings. The van der Waals surface area contributed by atoms with Crippen LogP contribution in [0.2, 0.25) is 0 Å². The lowest BCUT2D eigenvalue weighted by molar-refractivity contribution is 0.415. The van der Waals surface area contributed by atoms with E-state index in [1.54, 1.807) is 43.5 Å². The van der Waals surface area contributed by atoms with Crippen LogP contribution in [0.1, 0.15) is 11.3 Å². The molecule has 126 valence electrons. The largest absolute Gasteiger partial charge is 0.497 e. The first-order valence-corrected chi connectivity index (χ1v) is 9.40. The molecule has 2 aromatic heterocycles. The fourth-order valence-electron chi connectivity index (χ4n) is 2.10. The number of anilines is 1. The van der Waals surface area contributed by atoms with Gasteiger partial charge in [-0.05, 0) is 50.2 Å². The normalized spacial score (nSPS) is 11.5. The second-order valence-corrected chi connectivity index (χ2v) is 8.17. The molecular weight excluding hydrogens is 348 g/mol. The molecule has 1 aromatic carbocycles. The maximum Gasteiger partial charge on any atom is 0.271 e. The molecule has 3 rings (SSSR count). The molecule has 8 heteroatoms. The molecule has 0 fully saturated rings. The Bertz CT molecular complexity index is 956. The molecule has 0 atom stereocenters. The van der Waals surface area contributed by atoms with Crippen LogP contribution in [0.15, 0.2) is 45.1 Å². The number of ether oxygens (including phenoxy) is 1. The SMILES string of the molecule is COc1ccc(NS(=O)(=O)c2ccc(-c3onc(C)c3C)s2)cc1. The third-order valence-corrected chi connectivity index (χ3v) is 6.53. The molecule has 0 bridgehead atoms. The van der Waals surface area contributed by atoms with Crippen LogP contribution in [-0.2, 0) is 10.0 Å². The molecule has 0 aliphatic rings. The van der Waals surface area contributed by atoms with Crippen molar-refractivity contribution < 1.29 is 17.7 Å². The third kappa shape index (κ3) is 3.15. The van der Waals surface area contributed by atoms with Crippen molar-refractivity contribution >= 4 is 27.0 Å². The number of benzene rings is 1. The number of methoxy groups -OCH3 is 1. The summed E-state index contributed by atoms with van der Waals surface area (Å²) < 4.78 is 38.1. The fraction of sp³-hybridized carbons (Fsp3) is 0.188. The summed E-state index contributed by atoms with van der Waals surface area (Å²) in [6.45, 7) is 3.74. The zero-order valence-electron chi connectivity index (χ0n) is 13.4. The number of thiophene rings is 1. The van der Waals surface area contributed by atoms with Gasteiger partial charge in [-0.15, -0.1) is 11.3 Å². The molecule has 0 saturated heterocycles. The van der Waals surface area contributed by atoms with Crippen LogP contribution < -0.4 is 9.46 Å². The first kappa shape index (κ1) is 16.5. The third-order valence-electron chi connectivity index (χ3n) is 3.57. The molecule has 2 heterocycles. The summed E-state index contributed by atoms with van der Waals surface area (Å²) in [4.78, 5) is 0.725. The van der Waals surface area contributed by atoms with E-state index in [2.05, 4.69) is 9.88 Å². The molecule has 0 unspecified atom stereocenters. The topological polar surface area (TPSA) is 81.4 Å². The van der Waals surface area contributed by atoms with E-state index >= 15 is 0 Å². The van der Waals surface area contributed by atoms with Gasteiger partial charge in [0.25, 0.3) is 10.0 Å². The van der Waals surface area contributed by atoms with Crippen molar-refractivity contribution in [1.82, 2.24) is 5.16 Å². The van der Waals surface area contributed by atoms with E-state index in [-0.39, 0.29) is 4.21 Å². The Hall–Kier alpha value is -2.32. The van der Waals surface area contributed by atoms with Crippen LogP contribution >= 0.6 is 11.3 Å². The van der Waals surface area contributed by atoms with Gasteiger partial charge < -0.3 is 9.26 Å². The zero-order chi connectivity index (χ0) is 17.3. The Labute approximate surface area is 144 Å². The van der Waals surface area contributed by atoms with E-state index in [9.17, 15) is 8.42 Å². The second-order valence-electron chi connectivity index (χ2n) is 5.17. The molecule has 24 heavy (non-hydrogen) atoms. The van der Waals surface area contributed by atoms with Gasteiger partial charge in [-0.3, -0.25) is 4.72 Å². The average Bonchev–Trinajstić information content (AvgIpc) is 3.16. The minimum Gasteiger partial charge on any atom is -0.497 e. The summed E-state index contributed by atoms with van der Waals surface area (Å²) in [6.07, 6.45) is 0. The fourth-order valence-corrected chi connectivity index (χ4v) is 4.50. The molecule has 0 aliphatic carbocycles. The summed E-state index contributed by atoms with van der Waals surface area (Å²) in [6, 6.07) is 9.96. The number of hydrogen-bond donors (Lipinski definition) is 1. The highest BCUT2D eigenvalue weighted by Crippen LogP contribution is 2.34. The van der Waals surface area contributed by atoms with Crippen LogP contribution in [0.3, 0.4) is 0 Å². The number of rotatable bonds is 5. The van der Waals surface area contributed by atoms with Crippen molar-refractivity contribution in [2.24, 2.45) is 0 Å². The maximum atomic E-state index is 12.5. The number of sulfonamides is 1. The molecule has 0 aliphatic heterocycles. The van der Waals surface area contributed by atoms with Crippen molar-refractivity contribution in [1.29, 1.82) is 0 Å². The molecule has 1 N–H and O–H groups in total. The monoisotopic (exact) mass is 364 g/mol. The van der Waals surface area contributed by atoms with Gasteiger partial charge in [0.2, 0.25) is 0 Å². The van der Waals surface area contributed by atoms with Crippen molar-refractivity contribution in [2.45, 2.75) is 18.1 Å². The average molecular weight is 364 g/mol. The van der Waals surface area contributed by atoms with Gasteiger partial charge in [0.15, 0.2) is 5.76 Å². The van der Waals surface area contributed by atoms with E-state index in [1.165, 1.54) is 0 Å². The van der Waals surface area contributed by atoms with Crippen LogP contribution in [0.25, 0.3) is 10.6 Å². The molecule has 6 nitrogen and oxygen atoms in total. The lowest BCUT2D eigenvalue weighted by atomic mass is 10.2. The van der Waals surface area contributed by atoms with Gasteiger partial charge in [-0.1, -0.05) is 5.16 Å². The lowest BCUT2D eigenvalue weighted by Crippen LogP contribution is -2.11. The summed E-state index contributed by atoms with van der Waals surface area (Å²) in [5, 5.41) is 3.90. The Morgan fingerprint density at radius 3 is 2.42 bits per heavy atom. The quantitative estimate of drug-likeness (QED) is 0.744. The Kier molecular flexibility index (Phi) is 4.33. The van der Waals surface area contributed by atoms with Crippen molar-refractivity contribution in [3.05, 3.63) is 47.7 Å². The van der Waals surface area contributed by atoms with E-state index in [0.29, 0.717) is 17.2 Å². The van der Waals surface area contributed by atoms with E-state index < -0.39 is 10.0 Å². The first-order chi connectivity index (χ1) is 11.4. The predicted octanol–water partition coefficient (Wildman–Crippen LogP) is 3.83. The van der Waals surface area contributed by atoms with Gasteiger partial charge >= 0.3 is 0 Å². The summed E-state index contributed by atoms with van der Waals surface area (Å²) in [5.41, 5.74) is 2.17. The number of nitrogens with zero attached hydrogens (tertiary/aromatic N) is 1. The standard InChI is InChI=1S/C16H16N2O4S2/c1-10-11(2)17-22-16(10)14-8-9-15(23-14)24(19,20)18-12-4-6-13(21-3)7-5-12/h4-9,18H,1-3H3. The van der Waals surface area contributed by atoms with E-state index in [1.807, 2.05) is 13.8 Å². The Balaban J connectivity index is 1.86. The van der Waals surface area contributed by atoms with Gasteiger partial charge in [-0.2, -0.15) is 0 Å². The second kappa shape index (κ2) is 6.29. The molecular formula is C16H16N2O4S2. The van der Waals surface area contributed by atoms with Gasteiger partial charge in [0.05, 0.1) is 17.7 Å². The smallest absolute Gasteiger partial charge is 0.271 e. The lowest BCUT2D eigenvalue weighted by Gasteiger charge is -2.07. The van der Waals surface area contributed by atoms with Crippen molar-refractivity contribution in [3.8, 4) is 16.4 Å². The summed E-state index contributed by atoms with van der Waals surface area (Å²) in [7, 11) is -2.11. The predicted molar refractivity (Wildman–Crippen MR) is 93.1 cm³/mol. The minimum atomic E-state index is -3.66. The van der Waals surface area contributed by atoms with Gasteiger partial charge in [0, 0.05) is 11.3 Å². The summed E-state index contributed by atoms with van der Waals surface area (Å²) in [5.74, 6) is 1.26. The molecule has 0 spiro atoms.